The number of hydrogen-bond donors (Lipinski definition) is 1. The van der Waals surface area contributed by atoms with Crippen LogP contribution in [-0.2, 0) is 34.1 Å². The molecule has 2 aromatic carbocycles. The van der Waals surface area contributed by atoms with E-state index in [4.69, 9.17) is 21.1 Å². The highest BCUT2D eigenvalue weighted by Gasteiger charge is 2.43. The molecule has 4 aromatic rings. The molecule has 0 saturated carbocycles. The van der Waals surface area contributed by atoms with Crippen molar-refractivity contribution in [2.75, 3.05) is 18.8 Å². The first-order valence-electron chi connectivity index (χ1n) is 14.6. The number of fused-ring (bicyclic) bond motifs is 1. The van der Waals surface area contributed by atoms with Gasteiger partial charge in [0.1, 0.15) is 5.82 Å². The molecule has 0 aliphatic carbocycles. The Morgan fingerprint density at radius 2 is 1.89 bits per heavy atom. The van der Waals surface area contributed by atoms with Crippen LogP contribution in [0.4, 0.5) is 17.6 Å². The van der Waals surface area contributed by atoms with E-state index in [0.717, 1.165) is 18.4 Å². The molecule has 9 nitrogen and oxygen atoms in total. The Balaban J connectivity index is 1.18. The van der Waals surface area contributed by atoms with Crippen LogP contribution in [0.15, 0.2) is 48.7 Å². The molecule has 0 radical (unpaired) electrons. The second-order valence-corrected chi connectivity index (χ2v) is 14.3. The molecule has 1 saturated heterocycles. The van der Waals surface area contributed by atoms with E-state index >= 15 is 0 Å². The highest BCUT2D eigenvalue weighted by Crippen LogP contribution is 2.50. The van der Waals surface area contributed by atoms with Crippen molar-refractivity contribution in [1.82, 2.24) is 25.1 Å². The van der Waals surface area contributed by atoms with Gasteiger partial charge < -0.3 is 9.47 Å². The fourth-order valence-electron chi connectivity index (χ4n) is 5.84. The summed E-state index contributed by atoms with van der Waals surface area (Å²) in [5.41, 5.74) is 2.28. The molecular weight excluding hydrogens is 650 g/mol. The van der Waals surface area contributed by atoms with Crippen LogP contribution in [0.5, 0.6) is 11.5 Å². The molecule has 0 bridgehead atoms. The van der Waals surface area contributed by atoms with E-state index in [9.17, 15) is 26.0 Å². The van der Waals surface area contributed by atoms with Gasteiger partial charge in [-0.1, -0.05) is 30.7 Å². The maximum Gasteiger partial charge on any atom is 0.451 e. The van der Waals surface area contributed by atoms with Crippen molar-refractivity contribution in [3.05, 3.63) is 87.7 Å². The molecule has 1 N–H and O–H groups in total. The van der Waals surface area contributed by atoms with Crippen LogP contribution < -0.4 is 9.47 Å². The molecule has 0 unspecified atom stereocenters. The predicted molar refractivity (Wildman–Crippen MR) is 161 cm³/mol. The summed E-state index contributed by atoms with van der Waals surface area (Å²) in [7, 11) is -3.48. The molecule has 1 fully saturated rings. The summed E-state index contributed by atoms with van der Waals surface area (Å²) in [4.78, 5) is 10.1. The Morgan fingerprint density at radius 1 is 1.13 bits per heavy atom. The smallest absolute Gasteiger partial charge is 0.444 e. The number of rotatable bonds is 8. The van der Waals surface area contributed by atoms with Crippen molar-refractivity contribution < 1.29 is 35.5 Å². The third-order valence-electron chi connectivity index (χ3n) is 8.32. The second-order valence-electron chi connectivity index (χ2n) is 11.5. The standard InChI is InChI=1S/C31H30ClF4N5O4S/c1-3-46(42,43)17-20-13-19(28-38-29(40-39-28)31(34,35)36)15-37-25(20)16-41-11-9-18(10-12-41)22-5-4-6-26-27(22)45-30(2,44-26)23-8-7-21(32)14-24(23)33/h4-8,13-15,18H,3,9-12,16-17H2,1-2H3,(H,38,39,40)/t30-/m0/s1. The van der Waals surface area contributed by atoms with E-state index in [1.807, 2.05) is 17.2 Å². The van der Waals surface area contributed by atoms with E-state index in [2.05, 4.69) is 20.0 Å². The van der Waals surface area contributed by atoms with Crippen molar-refractivity contribution >= 4 is 21.4 Å². The number of para-hydroxylation sites is 1. The van der Waals surface area contributed by atoms with Gasteiger partial charge >= 0.3 is 6.18 Å². The number of sulfone groups is 1. The first-order chi connectivity index (χ1) is 21.7. The van der Waals surface area contributed by atoms with Crippen LogP contribution in [0, 0.1) is 5.82 Å². The summed E-state index contributed by atoms with van der Waals surface area (Å²) in [6, 6.07) is 11.5. The quantitative estimate of drug-likeness (QED) is 0.207. The molecule has 15 heteroatoms. The van der Waals surface area contributed by atoms with Gasteiger partial charge in [0.05, 0.1) is 17.0 Å². The Morgan fingerprint density at radius 3 is 2.57 bits per heavy atom. The topological polar surface area (TPSA) is 110 Å². The fourth-order valence-corrected chi connectivity index (χ4v) is 6.92. The van der Waals surface area contributed by atoms with Gasteiger partial charge in [-0.15, -0.1) is 0 Å². The number of hydrogen-bond acceptors (Lipinski definition) is 8. The molecule has 6 rings (SSSR count). The van der Waals surface area contributed by atoms with Gasteiger partial charge in [-0.3, -0.25) is 15.0 Å². The third-order valence-corrected chi connectivity index (χ3v) is 10.2. The van der Waals surface area contributed by atoms with Crippen LogP contribution in [0.3, 0.4) is 0 Å². The number of likely N-dealkylation sites (tertiary alicyclic amines) is 1. The van der Waals surface area contributed by atoms with Crippen molar-refractivity contribution in [3.8, 4) is 22.9 Å². The first-order valence-corrected chi connectivity index (χ1v) is 16.8. The van der Waals surface area contributed by atoms with E-state index in [-0.39, 0.29) is 39.4 Å². The van der Waals surface area contributed by atoms with Crippen LogP contribution in [0.2, 0.25) is 5.02 Å². The van der Waals surface area contributed by atoms with Gasteiger partial charge in [0.25, 0.3) is 5.79 Å². The predicted octanol–water partition coefficient (Wildman–Crippen LogP) is 6.64. The third kappa shape index (κ3) is 6.56. The van der Waals surface area contributed by atoms with Crippen molar-refractivity contribution in [2.24, 2.45) is 0 Å². The fraction of sp³-hybridized carbons (Fsp3) is 0.387. The summed E-state index contributed by atoms with van der Waals surface area (Å²) >= 11 is 5.94. The molecule has 2 aliphatic heterocycles. The number of aromatic amines is 1. The van der Waals surface area contributed by atoms with Gasteiger partial charge in [-0.05, 0) is 67.7 Å². The number of H-pyrrole nitrogens is 1. The lowest BCUT2D eigenvalue weighted by molar-refractivity contribution is -0.144. The first kappa shape index (κ1) is 32.2. The van der Waals surface area contributed by atoms with Crippen molar-refractivity contribution in [3.63, 3.8) is 0 Å². The average Bonchev–Trinajstić information content (AvgIpc) is 3.64. The summed E-state index contributed by atoms with van der Waals surface area (Å²) < 4.78 is 91.5. The number of aromatic nitrogens is 4. The summed E-state index contributed by atoms with van der Waals surface area (Å²) in [5.74, 6) is -2.56. The number of benzene rings is 2. The molecular formula is C31H30ClF4N5O4S. The number of nitrogens with one attached hydrogen (secondary N) is 1. The average molecular weight is 680 g/mol. The summed E-state index contributed by atoms with van der Waals surface area (Å²) in [6.07, 6.45) is -1.83. The van der Waals surface area contributed by atoms with Crippen molar-refractivity contribution in [1.29, 1.82) is 0 Å². The monoisotopic (exact) mass is 679 g/mol. The van der Waals surface area contributed by atoms with Crippen molar-refractivity contribution in [2.45, 2.75) is 56.9 Å². The Labute approximate surface area is 267 Å². The molecule has 2 aliphatic rings. The number of halogens is 5. The molecule has 244 valence electrons. The second kappa shape index (κ2) is 12.1. The highest BCUT2D eigenvalue weighted by atomic mass is 35.5. The Hall–Kier alpha value is -3.75. The number of ether oxygens (including phenoxy) is 2. The van der Waals surface area contributed by atoms with E-state index in [1.165, 1.54) is 25.3 Å². The maximum atomic E-state index is 14.8. The lowest BCUT2D eigenvalue weighted by Crippen LogP contribution is -2.34. The SMILES string of the molecule is CCS(=O)(=O)Cc1cc(-c2n[nH]c(C(F)(F)F)n2)cnc1CN1CCC(c2cccc3c2O[C@@](C)(c2ccc(Cl)cc2F)O3)CC1. The van der Waals surface area contributed by atoms with Crippen LogP contribution in [0.1, 0.15) is 60.8 Å². The Kier molecular flexibility index (Phi) is 8.49. The molecule has 0 amide bonds. The lowest BCUT2D eigenvalue weighted by Gasteiger charge is -2.33. The van der Waals surface area contributed by atoms with Crippen LogP contribution in [0.25, 0.3) is 11.4 Å². The van der Waals surface area contributed by atoms with E-state index < -0.39 is 33.4 Å². The van der Waals surface area contributed by atoms with Gasteiger partial charge in [0.2, 0.25) is 5.82 Å². The van der Waals surface area contributed by atoms with Gasteiger partial charge in [0, 0.05) is 41.6 Å². The minimum absolute atomic E-state index is 0.0994. The molecule has 46 heavy (non-hydrogen) atoms. The zero-order valence-electron chi connectivity index (χ0n) is 24.9. The zero-order chi connectivity index (χ0) is 32.9. The van der Waals surface area contributed by atoms with Crippen LogP contribution in [-0.4, -0.2) is 52.3 Å². The van der Waals surface area contributed by atoms with E-state index in [1.54, 1.807) is 25.1 Å². The largest absolute Gasteiger partial charge is 0.451 e. The maximum absolute atomic E-state index is 14.8. The zero-order valence-corrected chi connectivity index (χ0v) is 26.4. The normalized spacial score (nSPS) is 19.1. The lowest BCUT2D eigenvalue weighted by atomic mass is 9.88. The molecule has 2 aromatic heterocycles. The van der Waals surface area contributed by atoms with Gasteiger partial charge in [-0.25, -0.2) is 17.8 Å². The summed E-state index contributed by atoms with van der Waals surface area (Å²) in [5, 5.41) is 5.80. The number of alkyl halides is 3. The number of nitrogens with zero attached hydrogens (tertiary/aromatic N) is 4. The van der Waals surface area contributed by atoms with Gasteiger partial charge in [-0.2, -0.15) is 18.3 Å². The minimum atomic E-state index is -4.70. The molecule has 4 heterocycles. The van der Waals surface area contributed by atoms with Gasteiger partial charge in [0.15, 0.2) is 27.2 Å². The Bertz CT molecular complexity index is 1880. The highest BCUT2D eigenvalue weighted by molar-refractivity contribution is 7.90. The minimum Gasteiger partial charge on any atom is -0.444 e. The van der Waals surface area contributed by atoms with E-state index in [0.29, 0.717) is 42.4 Å². The number of piperidine rings is 1. The van der Waals surface area contributed by atoms with Crippen LogP contribution >= 0.6 is 11.6 Å². The number of pyridine rings is 1. The molecule has 1 atom stereocenters. The molecule has 0 spiro atoms. The summed E-state index contributed by atoms with van der Waals surface area (Å²) in [6.45, 7) is 4.88.